The Hall–Kier alpha value is -0.415. The molecule has 0 fully saturated rings. The lowest BCUT2D eigenvalue weighted by Crippen LogP contribution is -2.12. The lowest BCUT2D eigenvalue weighted by atomic mass is 9.40. The van der Waals surface area contributed by atoms with Crippen LogP contribution < -0.4 is 0 Å². The first-order valence-corrected chi connectivity index (χ1v) is 5.08. The first kappa shape index (κ1) is 11.6. The maximum Gasteiger partial charge on any atom is 0.180 e. The fourth-order valence-electron chi connectivity index (χ4n) is 1.58. The van der Waals surface area contributed by atoms with Gasteiger partial charge in [-0.25, -0.2) is 0 Å². The molecule has 0 N–H and O–H groups in total. The van der Waals surface area contributed by atoms with Crippen LogP contribution in [0.3, 0.4) is 0 Å². The smallest absolute Gasteiger partial charge is 0.133 e. The summed E-state index contributed by atoms with van der Waals surface area (Å²) in [5.41, 5.74) is 6.27. The fourth-order valence-corrected chi connectivity index (χ4v) is 1.58. The summed E-state index contributed by atoms with van der Waals surface area (Å²) in [5, 5.41) is 0. The second kappa shape index (κ2) is 6.14. The fraction of sp³-hybridized carbons (Fsp3) is 0.727. The van der Waals surface area contributed by atoms with Gasteiger partial charge in [-0.1, -0.05) is 38.9 Å². The molecule has 0 unspecified atom stereocenters. The summed E-state index contributed by atoms with van der Waals surface area (Å²) in [6, 6.07) is 0. The Morgan fingerprint density at radius 1 is 1.08 bits per heavy atom. The lowest BCUT2D eigenvalue weighted by Gasteiger charge is -2.09. The highest BCUT2D eigenvalue weighted by Crippen LogP contribution is 2.13. The third kappa shape index (κ3) is 3.83. The summed E-state index contributed by atoms with van der Waals surface area (Å²) in [5.74, 6) is 0. The molecule has 12 heavy (non-hydrogen) atoms. The Balaban J connectivity index is 4.65. The molecule has 0 aromatic rings. The van der Waals surface area contributed by atoms with E-state index >= 15 is 0 Å². The van der Waals surface area contributed by atoms with Crippen molar-refractivity contribution >= 4 is 6.71 Å². The highest BCUT2D eigenvalue weighted by atomic mass is 13.9. The van der Waals surface area contributed by atoms with E-state index in [1.165, 1.54) is 23.7 Å². The van der Waals surface area contributed by atoms with Crippen LogP contribution in [-0.2, 0) is 0 Å². The van der Waals surface area contributed by atoms with Gasteiger partial charge < -0.3 is 0 Å². The van der Waals surface area contributed by atoms with Gasteiger partial charge >= 0.3 is 0 Å². The van der Waals surface area contributed by atoms with E-state index < -0.39 is 0 Å². The predicted octanol–water partition coefficient (Wildman–Crippen LogP) is 3.96. The Labute approximate surface area is 77.8 Å². The lowest BCUT2D eigenvalue weighted by molar-refractivity contribution is 1.15. The average molecular weight is 164 g/mol. The first-order chi connectivity index (χ1) is 5.65. The summed E-state index contributed by atoms with van der Waals surface area (Å²) in [4.78, 5) is 0. The summed E-state index contributed by atoms with van der Waals surface area (Å²) in [6.07, 6.45) is 3.65. The number of hydrogen-bond donors (Lipinski definition) is 0. The van der Waals surface area contributed by atoms with E-state index in [2.05, 4.69) is 40.3 Å². The normalized spacial score (nSPS) is 9.08. The minimum Gasteiger partial charge on any atom is -0.133 e. The second-order valence-electron chi connectivity index (χ2n) is 3.52. The van der Waals surface area contributed by atoms with Crippen molar-refractivity contribution in [2.45, 2.75) is 53.7 Å². The SMILES string of the molecule is CCB(CC)C(=C=C(C)C)CC. The van der Waals surface area contributed by atoms with Crippen molar-refractivity contribution in [3.63, 3.8) is 0 Å². The van der Waals surface area contributed by atoms with Crippen molar-refractivity contribution in [1.29, 1.82) is 0 Å². The molecule has 0 nitrogen and oxygen atoms in total. The highest BCUT2D eigenvalue weighted by molar-refractivity contribution is 6.66. The van der Waals surface area contributed by atoms with E-state index in [4.69, 9.17) is 0 Å². The van der Waals surface area contributed by atoms with Gasteiger partial charge in [0.1, 0.15) is 0 Å². The molecule has 0 saturated heterocycles. The summed E-state index contributed by atoms with van der Waals surface area (Å²) in [6.45, 7) is 11.7. The molecule has 0 aromatic carbocycles. The van der Waals surface area contributed by atoms with E-state index in [0.717, 1.165) is 13.1 Å². The third-order valence-corrected chi connectivity index (χ3v) is 2.27. The van der Waals surface area contributed by atoms with Gasteiger partial charge in [-0.05, 0) is 25.8 Å². The monoisotopic (exact) mass is 164 g/mol. The van der Waals surface area contributed by atoms with Crippen LogP contribution in [0.25, 0.3) is 0 Å². The van der Waals surface area contributed by atoms with E-state index in [1.807, 2.05) is 0 Å². The molecular weight excluding hydrogens is 143 g/mol. The molecule has 0 aliphatic heterocycles. The Kier molecular flexibility index (Phi) is 5.93. The van der Waals surface area contributed by atoms with Crippen molar-refractivity contribution in [2.24, 2.45) is 0 Å². The highest BCUT2D eigenvalue weighted by Gasteiger charge is 2.11. The minimum atomic E-state index is 0.755. The van der Waals surface area contributed by atoms with Gasteiger partial charge in [0.2, 0.25) is 0 Å². The van der Waals surface area contributed by atoms with Crippen LogP contribution in [0.5, 0.6) is 0 Å². The predicted molar refractivity (Wildman–Crippen MR) is 58.9 cm³/mol. The molecule has 0 rings (SSSR count). The maximum atomic E-state index is 3.46. The molecule has 0 heterocycles. The number of hydrogen-bond acceptors (Lipinski definition) is 0. The minimum absolute atomic E-state index is 0.755. The van der Waals surface area contributed by atoms with Crippen LogP contribution >= 0.6 is 0 Å². The van der Waals surface area contributed by atoms with Crippen LogP contribution in [0, 0.1) is 0 Å². The Bertz CT molecular complexity index is 177. The van der Waals surface area contributed by atoms with Crippen molar-refractivity contribution in [3.05, 3.63) is 16.8 Å². The topological polar surface area (TPSA) is 0 Å². The van der Waals surface area contributed by atoms with Gasteiger partial charge in [-0.3, -0.25) is 0 Å². The van der Waals surface area contributed by atoms with Gasteiger partial charge in [0, 0.05) is 0 Å². The summed E-state index contributed by atoms with van der Waals surface area (Å²) < 4.78 is 0. The van der Waals surface area contributed by atoms with Gasteiger partial charge in [-0.2, -0.15) is 0 Å². The second-order valence-corrected chi connectivity index (χ2v) is 3.52. The Morgan fingerprint density at radius 2 is 1.58 bits per heavy atom. The zero-order valence-corrected chi connectivity index (χ0v) is 9.20. The quantitative estimate of drug-likeness (QED) is 0.435. The molecule has 0 amide bonds. The zero-order valence-electron chi connectivity index (χ0n) is 9.20. The van der Waals surface area contributed by atoms with Crippen molar-refractivity contribution in [2.75, 3.05) is 0 Å². The number of allylic oxidation sites excluding steroid dienone is 1. The molecule has 0 aromatic heterocycles. The molecule has 0 radical (unpaired) electrons. The molecule has 0 aliphatic carbocycles. The van der Waals surface area contributed by atoms with Crippen molar-refractivity contribution in [1.82, 2.24) is 0 Å². The zero-order chi connectivity index (χ0) is 9.56. The van der Waals surface area contributed by atoms with Crippen molar-refractivity contribution in [3.8, 4) is 0 Å². The molecule has 0 saturated carbocycles. The van der Waals surface area contributed by atoms with Crippen LogP contribution in [0.15, 0.2) is 16.8 Å². The van der Waals surface area contributed by atoms with E-state index in [1.54, 1.807) is 0 Å². The van der Waals surface area contributed by atoms with Crippen LogP contribution in [-0.4, -0.2) is 6.71 Å². The van der Waals surface area contributed by atoms with E-state index in [-0.39, 0.29) is 0 Å². The molecule has 0 aliphatic rings. The van der Waals surface area contributed by atoms with Crippen LogP contribution in [0.2, 0.25) is 12.6 Å². The molecule has 68 valence electrons. The van der Waals surface area contributed by atoms with Crippen LogP contribution in [0.4, 0.5) is 0 Å². The average Bonchev–Trinajstić information content (AvgIpc) is 2.04. The molecule has 0 bridgehead atoms. The van der Waals surface area contributed by atoms with Gasteiger partial charge in [0.25, 0.3) is 0 Å². The number of rotatable bonds is 4. The summed E-state index contributed by atoms with van der Waals surface area (Å²) >= 11 is 0. The molecule has 0 atom stereocenters. The van der Waals surface area contributed by atoms with Gasteiger partial charge in [0.05, 0.1) is 0 Å². The van der Waals surface area contributed by atoms with Gasteiger partial charge in [0.15, 0.2) is 6.71 Å². The standard InChI is InChI=1S/C11H21B/c1-6-11(9-10(4)5)12(7-2)8-3/h6-8H2,1-5H3. The third-order valence-electron chi connectivity index (χ3n) is 2.27. The van der Waals surface area contributed by atoms with E-state index in [0.29, 0.717) is 0 Å². The summed E-state index contributed by atoms with van der Waals surface area (Å²) in [7, 11) is 0. The van der Waals surface area contributed by atoms with Crippen LogP contribution in [0.1, 0.15) is 41.0 Å². The maximum absolute atomic E-state index is 3.46. The van der Waals surface area contributed by atoms with Gasteiger partial charge in [-0.15, -0.1) is 5.73 Å². The largest absolute Gasteiger partial charge is 0.180 e. The molecule has 1 heteroatoms. The van der Waals surface area contributed by atoms with Crippen molar-refractivity contribution < 1.29 is 0 Å². The first-order valence-electron chi connectivity index (χ1n) is 5.08. The Morgan fingerprint density at radius 3 is 1.83 bits per heavy atom. The molecule has 0 spiro atoms. The van der Waals surface area contributed by atoms with E-state index in [9.17, 15) is 0 Å². The molecular formula is C11H21B.